The van der Waals surface area contributed by atoms with Crippen LogP contribution in [0.25, 0.3) is 10.1 Å². The molecule has 0 radical (unpaired) electrons. The van der Waals surface area contributed by atoms with Crippen molar-refractivity contribution in [2.24, 2.45) is 5.10 Å². The van der Waals surface area contributed by atoms with Gasteiger partial charge in [0.05, 0.1) is 27.1 Å². The third-order valence-corrected chi connectivity index (χ3v) is 5.69. The highest BCUT2D eigenvalue weighted by Gasteiger charge is 2.15. The number of nitrogens with zero attached hydrogens (tertiary/aromatic N) is 2. The summed E-state index contributed by atoms with van der Waals surface area (Å²) in [6.45, 7) is 1.58. The van der Waals surface area contributed by atoms with Crippen LogP contribution in [0.1, 0.15) is 22.2 Å². The number of halogens is 1. The fourth-order valence-electron chi connectivity index (χ4n) is 2.68. The largest absolute Gasteiger partial charge is 0.490 e. The minimum atomic E-state index is -1.12. The van der Waals surface area contributed by atoms with E-state index in [-0.39, 0.29) is 11.4 Å². The number of nitro benzene ring substituents is 1. The molecule has 0 unspecified atom stereocenters. The van der Waals surface area contributed by atoms with Crippen molar-refractivity contribution in [2.45, 2.75) is 6.92 Å². The summed E-state index contributed by atoms with van der Waals surface area (Å²) in [6.07, 6.45) is 1.39. The van der Waals surface area contributed by atoms with E-state index >= 15 is 0 Å². The number of fused-ring (bicyclic) bond motifs is 1. The first-order valence-corrected chi connectivity index (χ1v) is 10.7. The van der Waals surface area contributed by atoms with Crippen molar-refractivity contribution < 1.29 is 29.1 Å². The molecule has 10 nitrogen and oxygen atoms in total. The molecule has 12 heteroatoms. The molecule has 0 spiro atoms. The Morgan fingerprint density at radius 3 is 2.75 bits per heavy atom. The average Bonchev–Trinajstić information content (AvgIpc) is 3.16. The number of carbonyl (C=O) groups is 2. The molecule has 0 atom stereocenters. The van der Waals surface area contributed by atoms with Gasteiger partial charge in [-0.2, -0.15) is 5.10 Å². The number of carbonyl (C=O) groups excluding carboxylic acids is 1. The van der Waals surface area contributed by atoms with Crippen LogP contribution in [0.4, 0.5) is 5.69 Å². The van der Waals surface area contributed by atoms with E-state index < -0.39 is 23.4 Å². The lowest BCUT2D eigenvalue weighted by atomic mass is 10.2. The molecular formula is C20H16BrN3O7S. The summed E-state index contributed by atoms with van der Waals surface area (Å²) in [5.74, 6) is -1.02. The maximum absolute atomic E-state index is 12.4. The molecule has 0 bridgehead atoms. The molecule has 2 aromatic carbocycles. The van der Waals surface area contributed by atoms with Crippen LogP contribution in [-0.4, -0.2) is 41.3 Å². The number of non-ortho nitro benzene ring substituents is 1. The number of nitro groups is 1. The van der Waals surface area contributed by atoms with E-state index in [1.54, 1.807) is 31.2 Å². The number of nitrogens with one attached hydrogen (secondary N) is 1. The second-order valence-corrected chi connectivity index (χ2v) is 8.17. The number of carboxylic acids is 1. The van der Waals surface area contributed by atoms with Crippen molar-refractivity contribution in [2.75, 3.05) is 13.2 Å². The number of amides is 1. The number of aliphatic carboxylic acids is 1. The van der Waals surface area contributed by atoms with Gasteiger partial charge >= 0.3 is 5.97 Å². The zero-order chi connectivity index (χ0) is 23.3. The second kappa shape index (κ2) is 10.2. The minimum Gasteiger partial charge on any atom is -0.490 e. The van der Waals surface area contributed by atoms with Crippen molar-refractivity contribution >= 4 is 61.1 Å². The Bertz CT molecular complexity index is 1230. The highest BCUT2D eigenvalue weighted by atomic mass is 79.9. The molecule has 32 heavy (non-hydrogen) atoms. The van der Waals surface area contributed by atoms with Crippen LogP contribution in [0.5, 0.6) is 11.5 Å². The summed E-state index contributed by atoms with van der Waals surface area (Å²) < 4.78 is 12.0. The van der Waals surface area contributed by atoms with Crippen LogP contribution in [-0.2, 0) is 4.79 Å². The number of benzene rings is 2. The Kier molecular flexibility index (Phi) is 7.38. The van der Waals surface area contributed by atoms with Gasteiger partial charge in [0.1, 0.15) is 0 Å². The highest BCUT2D eigenvalue weighted by molar-refractivity contribution is 9.10. The molecule has 0 fully saturated rings. The Labute approximate surface area is 193 Å². The molecule has 3 rings (SSSR count). The topological polar surface area (TPSA) is 140 Å². The van der Waals surface area contributed by atoms with Crippen molar-refractivity contribution in [1.29, 1.82) is 0 Å². The van der Waals surface area contributed by atoms with Gasteiger partial charge < -0.3 is 14.6 Å². The van der Waals surface area contributed by atoms with Crippen LogP contribution in [0, 0.1) is 10.1 Å². The molecule has 0 aliphatic rings. The Balaban J connectivity index is 1.74. The summed E-state index contributed by atoms with van der Waals surface area (Å²) in [7, 11) is 0. The van der Waals surface area contributed by atoms with E-state index in [0.29, 0.717) is 32.7 Å². The van der Waals surface area contributed by atoms with Gasteiger partial charge in [0, 0.05) is 22.2 Å². The average molecular weight is 522 g/mol. The molecule has 1 amide bonds. The summed E-state index contributed by atoms with van der Waals surface area (Å²) in [5.41, 5.74) is 2.93. The maximum Gasteiger partial charge on any atom is 0.341 e. The third-order valence-electron chi connectivity index (χ3n) is 3.99. The lowest BCUT2D eigenvalue weighted by molar-refractivity contribution is -0.384. The fourth-order valence-corrected chi connectivity index (χ4v) is 4.18. The fraction of sp³-hybridized carbons (Fsp3) is 0.150. The van der Waals surface area contributed by atoms with E-state index in [9.17, 15) is 19.7 Å². The van der Waals surface area contributed by atoms with E-state index in [1.807, 2.05) is 0 Å². The van der Waals surface area contributed by atoms with Crippen molar-refractivity contribution in [3.63, 3.8) is 0 Å². The van der Waals surface area contributed by atoms with Crippen LogP contribution in [0.15, 0.2) is 46.0 Å². The summed E-state index contributed by atoms with van der Waals surface area (Å²) >= 11 is 4.51. The van der Waals surface area contributed by atoms with E-state index in [4.69, 9.17) is 14.6 Å². The molecule has 2 N–H and O–H groups in total. The molecule has 1 heterocycles. The zero-order valence-electron chi connectivity index (χ0n) is 16.5. The van der Waals surface area contributed by atoms with E-state index in [1.165, 1.54) is 29.7 Å². The van der Waals surface area contributed by atoms with Gasteiger partial charge in [0.15, 0.2) is 18.1 Å². The van der Waals surface area contributed by atoms with E-state index in [0.717, 1.165) is 4.70 Å². The van der Waals surface area contributed by atoms with Gasteiger partial charge in [0.25, 0.3) is 11.6 Å². The van der Waals surface area contributed by atoms with Crippen molar-refractivity contribution in [1.82, 2.24) is 5.43 Å². The van der Waals surface area contributed by atoms with Crippen molar-refractivity contribution in [3.05, 3.63) is 61.4 Å². The van der Waals surface area contributed by atoms with Gasteiger partial charge in [-0.05, 0) is 52.7 Å². The normalized spacial score (nSPS) is 10.9. The monoisotopic (exact) mass is 521 g/mol. The number of thiophene rings is 1. The predicted molar refractivity (Wildman–Crippen MR) is 122 cm³/mol. The van der Waals surface area contributed by atoms with Gasteiger partial charge in [-0.25, -0.2) is 10.2 Å². The van der Waals surface area contributed by atoms with Gasteiger partial charge in [-0.1, -0.05) is 0 Å². The molecule has 0 aliphatic carbocycles. The number of hydrazone groups is 1. The Morgan fingerprint density at radius 2 is 2.06 bits per heavy atom. The summed E-state index contributed by atoms with van der Waals surface area (Å²) in [4.78, 5) is 33.9. The molecule has 1 aromatic heterocycles. The molecule has 166 valence electrons. The second-order valence-electron chi connectivity index (χ2n) is 6.23. The Morgan fingerprint density at radius 1 is 1.28 bits per heavy atom. The molecule has 0 aliphatic heterocycles. The van der Waals surface area contributed by atoms with Crippen molar-refractivity contribution in [3.8, 4) is 11.5 Å². The lowest BCUT2D eigenvalue weighted by Crippen LogP contribution is -2.16. The maximum atomic E-state index is 12.4. The first kappa shape index (κ1) is 23.2. The summed E-state index contributed by atoms with van der Waals surface area (Å²) in [6, 6.07) is 9.19. The van der Waals surface area contributed by atoms with Gasteiger partial charge in [0.2, 0.25) is 0 Å². The van der Waals surface area contributed by atoms with Crippen LogP contribution < -0.4 is 14.9 Å². The predicted octanol–water partition coefficient (Wildman–Crippen LogP) is 4.20. The van der Waals surface area contributed by atoms with Crippen LogP contribution in [0.2, 0.25) is 0 Å². The van der Waals surface area contributed by atoms with Gasteiger partial charge in [-0.3, -0.25) is 14.9 Å². The summed E-state index contributed by atoms with van der Waals surface area (Å²) in [5, 5.41) is 24.3. The standard InChI is InChI=1S/C20H16BrN3O7S/c1-2-30-15-6-11(5-14(21)19(15)31-10-18(25)26)9-22-23-20(27)17-8-12-7-13(24(28)29)3-4-16(12)32-17/h3-9H,2,10H2,1H3,(H,23,27)(H,25,26)/b22-9-. The first-order valence-electron chi connectivity index (χ1n) is 9.10. The number of ether oxygens (including phenoxy) is 2. The smallest absolute Gasteiger partial charge is 0.341 e. The number of hydrogen-bond acceptors (Lipinski definition) is 8. The SMILES string of the molecule is CCOc1cc(/C=N\NC(=O)c2cc3cc([N+](=O)[O-])ccc3s2)cc(Br)c1OCC(=O)O. The van der Waals surface area contributed by atoms with Crippen LogP contribution >= 0.6 is 27.3 Å². The quantitative estimate of drug-likeness (QED) is 0.244. The number of hydrogen-bond donors (Lipinski definition) is 2. The molecule has 3 aromatic rings. The molecular weight excluding hydrogens is 506 g/mol. The third kappa shape index (κ3) is 5.59. The minimum absolute atomic E-state index is 0.0493. The van der Waals surface area contributed by atoms with E-state index in [2.05, 4.69) is 26.5 Å². The van der Waals surface area contributed by atoms with Crippen LogP contribution in [0.3, 0.4) is 0 Å². The first-order chi connectivity index (χ1) is 15.3. The number of carboxylic acid groups (broad SMARTS) is 1. The highest BCUT2D eigenvalue weighted by Crippen LogP contribution is 2.36. The molecule has 0 saturated heterocycles. The zero-order valence-corrected chi connectivity index (χ0v) is 18.9. The molecule has 0 saturated carbocycles. The number of rotatable bonds is 9. The lowest BCUT2D eigenvalue weighted by Gasteiger charge is -2.13. The van der Waals surface area contributed by atoms with Gasteiger partial charge in [-0.15, -0.1) is 11.3 Å². The Hall–Kier alpha value is -3.51.